The second-order valence-corrected chi connectivity index (χ2v) is 3.04. The molecule has 0 radical (unpaired) electrons. The number of hydrogen-bond acceptors (Lipinski definition) is 3. The zero-order valence-electron chi connectivity index (χ0n) is 8.40. The Bertz CT molecular complexity index is 259. The number of imidazole rings is 1. The molecule has 2 atom stereocenters. The summed E-state index contributed by atoms with van der Waals surface area (Å²) in [5, 5.41) is 0. The van der Waals surface area contributed by atoms with Gasteiger partial charge in [-0.1, -0.05) is 0 Å². The van der Waals surface area contributed by atoms with Gasteiger partial charge in [-0.2, -0.15) is 0 Å². The largest absolute Gasteiger partial charge is 0.380 e. The van der Waals surface area contributed by atoms with Crippen LogP contribution in [0.5, 0.6) is 0 Å². The van der Waals surface area contributed by atoms with E-state index in [2.05, 4.69) is 11.9 Å². The Balaban J connectivity index is 2.81. The highest BCUT2D eigenvalue weighted by atomic mass is 16.5. The van der Waals surface area contributed by atoms with Crippen molar-refractivity contribution in [3.8, 4) is 0 Å². The Kier molecular flexibility index (Phi) is 3.45. The molecular weight excluding hydrogens is 166 g/mol. The number of nitrogens with two attached hydrogens (primary N) is 1. The van der Waals surface area contributed by atoms with Gasteiger partial charge in [0.2, 0.25) is 0 Å². The monoisotopic (exact) mass is 183 g/mol. The summed E-state index contributed by atoms with van der Waals surface area (Å²) in [5.74, 6) is 0.886. The van der Waals surface area contributed by atoms with Crippen LogP contribution in [0, 0.1) is 0 Å². The van der Waals surface area contributed by atoms with Gasteiger partial charge in [0.1, 0.15) is 5.82 Å². The molecule has 4 nitrogen and oxygen atoms in total. The zero-order chi connectivity index (χ0) is 9.84. The first-order valence-corrected chi connectivity index (χ1v) is 4.50. The number of ether oxygens (including phenoxy) is 1. The van der Waals surface area contributed by atoms with Gasteiger partial charge in [0, 0.05) is 26.0 Å². The van der Waals surface area contributed by atoms with Crippen LogP contribution in [-0.4, -0.2) is 22.8 Å². The first kappa shape index (κ1) is 10.2. The molecule has 0 spiro atoms. The van der Waals surface area contributed by atoms with Gasteiger partial charge in [-0.15, -0.1) is 0 Å². The van der Waals surface area contributed by atoms with Gasteiger partial charge in [0.15, 0.2) is 0 Å². The van der Waals surface area contributed by atoms with Crippen molar-refractivity contribution in [1.29, 1.82) is 0 Å². The summed E-state index contributed by atoms with van der Waals surface area (Å²) in [6.07, 6.45) is 3.69. The maximum absolute atomic E-state index is 5.96. The maximum Gasteiger partial charge on any atom is 0.128 e. The highest BCUT2D eigenvalue weighted by Crippen LogP contribution is 2.13. The fraction of sp³-hybridized carbons (Fsp3) is 0.667. The van der Waals surface area contributed by atoms with Crippen molar-refractivity contribution in [3.05, 3.63) is 18.2 Å². The molecule has 0 aliphatic carbocycles. The van der Waals surface area contributed by atoms with Crippen molar-refractivity contribution in [2.24, 2.45) is 5.73 Å². The molecule has 2 unspecified atom stereocenters. The SMILES string of the molecule is CCn1ccnc1C(N)C(C)OC. The minimum absolute atomic E-state index is 0.00676. The number of aryl methyl sites for hydroxylation is 1. The lowest BCUT2D eigenvalue weighted by molar-refractivity contribution is 0.0921. The number of nitrogens with zero attached hydrogens (tertiary/aromatic N) is 2. The molecule has 0 amide bonds. The number of hydrogen-bond donors (Lipinski definition) is 1. The van der Waals surface area contributed by atoms with Crippen molar-refractivity contribution in [3.63, 3.8) is 0 Å². The fourth-order valence-corrected chi connectivity index (χ4v) is 1.24. The predicted octanol–water partition coefficient (Wildman–Crippen LogP) is 0.938. The van der Waals surface area contributed by atoms with E-state index in [0.717, 1.165) is 12.4 Å². The van der Waals surface area contributed by atoms with Gasteiger partial charge in [-0.3, -0.25) is 0 Å². The third-order valence-corrected chi connectivity index (χ3v) is 2.26. The number of methoxy groups -OCH3 is 1. The van der Waals surface area contributed by atoms with Crippen LogP contribution in [0.25, 0.3) is 0 Å². The first-order chi connectivity index (χ1) is 6.20. The molecule has 1 aromatic rings. The standard InChI is InChI=1S/C9H17N3O/c1-4-12-6-5-11-9(12)8(10)7(2)13-3/h5-8H,4,10H2,1-3H3. The summed E-state index contributed by atoms with van der Waals surface area (Å²) in [6.45, 7) is 4.90. The molecule has 74 valence electrons. The van der Waals surface area contributed by atoms with Crippen molar-refractivity contribution in [1.82, 2.24) is 9.55 Å². The molecule has 0 saturated carbocycles. The zero-order valence-corrected chi connectivity index (χ0v) is 8.40. The van der Waals surface area contributed by atoms with Gasteiger partial charge >= 0.3 is 0 Å². The summed E-state index contributed by atoms with van der Waals surface area (Å²) >= 11 is 0. The molecular formula is C9H17N3O. The van der Waals surface area contributed by atoms with E-state index in [1.807, 2.05) is 17.7 Å². The summed E-state index contributed by atoms with van der Waals surface area (Å²) < 4.78 is 7.18. The fourth-order valence-electron chi connectivity index (χ4n) is 1.24. The molecule has 0 aromatic carbocycles. The van der Waals surface area contributed by atoms with Crippen LogP contribution in [0.3, 0.4) is 0 Å². The van der Waals surface area contributed by atoms with E-state index >= 15 is 0 Å². The Morgan fingerprint density at radius 3 is 2.92 bits per heavy atom. The molecule has 0 aliphatic heterocycles. The number of rotatable bonds is 4. The molecule has 4 heteroatoms. The van der Waals surface area contributed by atoms with Crippen molar-refractivity contribution < 1.29 is 4.74 Å². The lowest BCUT2D eigenvalue weighted by Gasteiger charge is -2.18. The molecule has 1 heterocycles. The van der Waals surface area contributed by atoms with Crippen LogP contribution in [0.4, 0.5) is 0 Å². The normalized spacial score (nSPS) is 15.7. The van der Waals surface area contributed by atoms with Crippen LogP contribution in [0.2, 0.25) is 0 Å². The minimum Gasteiger partial charge on any atom is -0.380 e. The van der Waals surface area contributed by atoms with Gasteiger partial charge < -0.3 is 15.0 Å². The Labute approximate surface area is 78.7 Å². The second-order valence-electron chi connectivity index (χ2n) is 3.04. The van der Waals surface area contributed by atoms with E-state index in [4.69, 9.17) is 10.5 Å². The average Bonchev–Trinajstić information content (AvgIpc) is 2.62. The summed E-state index contributed by atoms with van der Waals surface area (Å²) in [7, 11) is 1.66. The van der Waals surface area contributed by atoms with Crippen LogP contribution in [-0.2, 0) is 11.3 Å². The van der Waals surface area contributed by atoms with Crippen LogP contribution >= 0.6 is 0 Å². The molecule has 2 N–H and O–H groups in total. The molecule has 0 saturated heterocycles. The summed E-state index contributed by atoms with van der Waals surface area (Å²) in [6, 6.07) is -0.153. The Morgan fingerprint density at radius 2 is 2.38 bits per heavy atom. The van der Waals surface area contributed by atoms with E-state index in [-0.39, 0.29) is 12.1 Å². The molecule has 0 bridgehead atoms. The first-order valence-electron chi connectivity index (χ1n) is 4.50. The molecule has 1 rings (SSSR count). The van der Waals surface area contributed by atoms with Crippen molar-refractivity contribution in [2.75, 3.05) is 7.11 Å². The maximum atomic E-state index is 5.96. The minimum atomic E-state index is -0.153. The Morgan fingerprint density at radius 1 is 1.69 bits per heavy atom. The highest BCUT2D eigenvalue weighted by molar-refractivity contribution is 5.00. The quantitative estimate of drug-likeness (QED) is 0.755. The third-order valence-electron chi connectivity index (χ3n) is 2.26. The predicted molar refractivity (Wildman–Crippen MR) is 51.3 cm³/mol. The van der Waals surface area contributed by atoms with Crippen LogP contribution in [0.15, 0.2) is 12.4 Å². The topological polar surface area (TPSA) is 53.1 Å². The molecule has 13 heavy (non-hydrogen) atoms. The molecule has 1 aromatic heterocycles. The lowest BCUT2D eigenvalue weighted by Crippen LogP contribution is -2.28. The summed E-state index contributed by atoms with van der Waals surface area (Å²) in [5.41, 5.74) is 5.96. The van der Waals surface area contributed by atoms with E-state index in [1.165, 1.54) is 0 Å². The molecule has 0 aliphatic rings. The van der Waals surface area contributed by atoms with Gasteiger partial charge in [-0.05, 0) is 13.8 Å². The van der Waals surface area contributed by atoms with Gasteiger partial charge in [-0.25, -0.2) is 4.98 Å². The van der Waals surface area contributed by atoms with Gasteiger partial charge in [0.05, 0.1) is 12.1 Å². The number of aromatic nitrogens is 2. The third kappa shape index (κ3) is 2.08. The van der Waals surface area contributed by atoms with E-state index < -0.39 is 0 Å². The van der Waals surface area contributed by atoms with Crippen LogP contribution < -0.4 is 5.73 Å². The van der Waals surface area contributed by atoms with Gasteiger partial charge in [0.25, 0.3) is 0 Å². The van der Waals surface area contributed by atoms with Crippen LogP contribution in [0.1, 0.15) is 25.7 Å². The van der Waals surface area contributed by atoms with E-state index in [0.29, 0.717) is 0 Å². The smallest absolute Gasteiger partial charge is 0.128 e. The second kappa shape index (κ2) is 4.39. The van der Waals surface area contributed by atoms with Crippen molar-refractivity contribution in [2.45, 2.75) is 32.5 Å². The average molecular weight is 183 g/mol. The van der Waals surface area contributed by atoms with E-state index in [1.54, 1.807) is 13.3 Å². The lowest BCUT2D eigenvalue weighted by atomic mass is 10.2. The van der Waals surface area contributed by atoms with E-state index in [9.17, 15) is 0 Å². The Hall–Kier alpha value is -0.870. The highest BCUT2D eigenvalue weighted by Gasteiger charge is 2.18. The van der Waals surface area contributed by atoms with Crippen molar-refractivity contribution >= 4 is 0 Å². The summed E-state index contributed by atoms with van der Waals surface area (Å²) in [4.78, 5) is 4.21. The molecule has 0 fully saturated rings.